The lowest BCUT2D eigenvalue weighted by molar-refractivity contribution is -0.143. The molecule has 7 heteroatoms. The first kappa shape index (κ1) is 26.9. The molecule has 0 aliphatic carbocycles. The first-order valence-corrected chi connectivity index (χ1v) is 11.2. The minimum absolute atomic E-state index is 0.0472. The summed E-state index contributed by atoms with van der Waals surface area (Å²) in [6, 6.07) is 9.60. The van der Waals surface area contributed by atoms with E-state index in [9.17, 15) is 19.5 Å². The van der Waals surface area contributed by atoms with Crippen LogP contribution in [0.15, 0.2) is 36.4 Å². The number of nitrogens with one attached hydrogen (secondary N) is 1. The number of esters is 1. The van der Waals surface area contributed by atoms with E-state index in [1.165, 1.54) is 14.0 Å². The summed E-state index contributed by atoms with van der Waals surface area (Å²) >= 11 is 0. The zero-order chi connectivity index (χ0) is 25.8. The van der Waals surface area contributed by atoms with E-state index in [-0.39, 0.29) is 18.0 Å². The molecule has 34 heavy (non-hydrogen) atoms. The minimum Gasteiger partial charge on any atom is -0.507 e. The van der Waals surface area contributed by atoms with Crippen molar-refractivity contribution < 1.29 is 29.0 Å². The molecule has 1 unspecified atom stereocenters. The smallest absolute Gasteiger partial charge is 0.408 e. The van der Waals surface area contributed by atoms with Gasteiger partial charge in [0.05, 0.1) is 7.11 Å². The number of alkyl carbamates (subject to hydrolysis) is 1. The lowest BCUT2D eigenvalue weighted by Gasteiger charge is -2.25. The normalized spacial score (nSPS) is 12.6. The van der Waals surface area contributed by atoms with E-state index in [0.717, 1.165) is 11.1 Å². The number of aromatic hydroxyl groups is 1. The maximum absolute atomic E-state index is 12.4. The Bertz CT molecular complexity index is 1060. The summed E-state index contributed by atoms with van der Waals surface area (Å²) in [7, 11) is 1.26. The number of benzene rings is 2. The maximum Gasteiger partial charge on any atom is 0.408 e. The molecule has 0 fully saturated rings. The van der Waals surface area contributed by atoms with Crippen LogP contribution in [-0.2, 0) is 26.1 Å². The van der Waals surface area contributed by atoms with E-state index in [4.69, 9.17) is 9.47 Å². The zero-order valence-electron chi connectivity index (χ0n) is 21.2. The molecule has 0 bridgehead atoms. The van der Waals surface area contributed by atoms with Crippen LogP contribution in [0.25, 0.3) is 11.1 Å². The predicted molar refractivity (Wildman–Crippen MR) is 131 cm³/mol. The molecular weight excluding hydrogens is 434 g/mol. The monoisotopic (exact) mass is 469 g/mol. The van der Waals surface area contributed by atoms with Crippen molar-refractivity contribution in [2.24, 2.45) is 0 Å². The summed E-state index contributed by atoms with van der Waals surface area (Å²) in [6.45, 7) is 12.6. The zero-order valence-corrected chi connectivity index (χ0v) is 21.2. The Balaban J connectivity index is 2.52. The van der Waals surface area contributed by atoms with Crippen molar-refractivity contribution in [3.05, 3.63) is 53.1 Å². The van der Waals surface area contributed by atoms with Gasteiger partial charge >= 0.3 is 12.1 Å². The Kier molecular flexibility index (Phi) is 8.14. The SMILES string of the molecule is COC(=O)C(Cc1cc(-c2ccc(C(C)=O)cc2)c(O)c(C(C)(C)C)c1)NC(=O)OC(C)(C)C. The van der Waals surface area contributed by atoms with Gasteiger partial charge in [-0.3, -0.25) is 4.79 Å². The second kappa shape index (κ2) is 10.3. The van der Waals surface area contributed by atoms with Crippen LogP contribution < -0.4 is 5.32 Å². The number of ether oxygens (including phenoxy) is 2. The van der Waals surface area contributed by atoms with E-state index in [1.54, 1.807) is 51.1 Å². The van der Waals surface area contributed by atoms with Gasteiger partial charge in [0.15, 0.2) is 5.78 Å². The number of hydrogen-bond donors (Lipinski definition) is 2. The highest BCUT2D eigenvalue weighted by Crippen LogP contribution is 2.40. The molecule has 0 saturated carbocycles. The highest BCUT2D eigenvalue weighted by atomic mass is 16.6. The van der Waals surface area contributed by atoms with Crippen molar-refractivity contribution in [2.75, 3.05) is 7.11 Å². The van der Waals surface area contributed by atoms with Gasteiger partial charge < -0.3 is 19.9 Å². The van der Waals surface area contributed by atoms with Gasteiger partial charge in [-0.15, -0.1) is 0 Å². The second-order valence-electron chi connectivity index (χ2n) is 10.3. The lowest BCUT2D eigenvalue weighted by atomic mass is 9.82. The van der Waals surface area contributed by atoms with Gasteiger partial charge in [-0.1, -0.05) is 51.1 Å². The molecule has 1 amide bonds. The molecule has 0 saturated heterocycles. The third kappa shape index (κ3) is 7.07. The van der Waals surface area contributed by atoms with Crippen LogP contribution >= 0.6 is 0 Å². The molecule has 0 spiro atoms. The number of methoxy groups -OCH3 is 1. The fourth-order valence-electron chi connectivity index (χ4n) is 3.51. The molecule has 2 rings (SSSR count). The van der Waals surface area contributed by atoms with Crippen LogP contribution in [-0.4, -0.2) is 41.7 Å². The Morgan fingerprint density at radius 3 is 2.06 bits per heavy atom. The summed E-state index contributed by atoms with van der Waals surface area (Å²) in [6.07, 6.45) is -0.592. The number of rotatable bonds is 6. The van der Waals surface area contributed by atoms with Gasteiger partial charge in [-0.25, -0.2) is 9.59 Å². The van der Waals surface area contributed by atoms with Crippen molar-refractivity contribution >= 4 is 17.8 Å². The number of Topliss-reactive ketones (excluding diaryl/α,β-unsaturated/α-hetero) is 1. The summed E-state index contributed by atoms with van der Waals surface area (Å²) < 4.78 is 10.2. The van der Waals surface area contributed by atoms with E-state index in [2.05, 4.69) is 5.32 Å². The molecule has 2 aromatic rings. The number of carbonyl (C=O) groups excluding carboxylic acids is 3. The van der Waals surface area contributed by atoms with Gasteiger partial charge in [0.25, 0.3) is 0 Å². The highest BCUT2D eigenvalue weighted by Gasteiger charge is 2.28. The molecule has 0 aliphatic rings. The average Bonchev–Trinajstić information content (AvgIpc) is 2.71. The summed E-state index contributed by atoms with van der Waals surface area (Å²) in [5, 5.41) is 13.7. The molecule has 2 aromatic carbocycles. The molecular formula is C27H35NO6. The van der Waals surface area contributed by atoms with Crippen LogP contribution in [0.3, 0.4) is 0 Å². The number of phenolic OH excluding ortho intramolecular Hbond substituents is 1. The fraction of sp³-hybridized carbons (Fsp3) is 0.444. The van der Waals surface area contributed by atoms with Gasteiger partial charge in [-0.05, 0) is 50.3 Å². The number of hydrogen-bond acceptors (Lipinski definition) is 6. The number of carbonyl (C=O) groups is 3. The van der Waals surface area contributed by atoms with E-state index < -0.39 is 29.1 Å². The predicted octanol–water partition coefficient (Wildman–Crippen LogP) is 5.17. The van der Waals surface area contributed by atoms with Crippen molar-refractivity contribution in [1.29, 1.82) is 0 Å². The van der Waals surface area contributed by atoms with Crippen molar-refractivity contribution in [2.45, 2.75) is 71.9 Å². The maximum atomic E-state index is 12.4. The Morgan fingerprint density at radius 1 is 1.00 bits per heavy atom. The summed E-state index contributed by atoms with van der Waals surface area (Å²) in [5.74, 6) is -0.529. The van der Waals surface area contributed by atoms with E-state index in [1.807, 2.05) is 26.8 Å². The molecule has 0 radical (unpaired) electrons. The molecule has 1 atom stereocenters. The molecule has 7 nitrogen and oxygen atoms in total. The minimum atomic E-state index is -0.981. The quantitative estimate of drug-likeness (QED) is 0.447. The molecule has 2 N–H and O–H groups in total. The van der Waals surface area contributed by atoms with Crippen LogP contribution in [0.4, 0.5) is 4.79 Å². The Labute approximate surface area is 201 Å². The van der Waals surface area contributed by atoms with Crippen molar-refractivity contribution in [3.8, 4) is 16.9 Å². The number of amides is 1. The summed E-state index contributed by atoms with van der Waals surface area (Å²) in [5.41, 5.74) is 2.16. The van der Waals surface area contributed by atoms with Crippen molar-refractivity contribution in [3.63, 3.8) is 0 Å². The third-order valence-electron chi connectivity index (χ3n) is 5.20. The van der Waals surface area contributed by atoms with Gasteiger partial charge in [-0.2, -0.15) is 0 Å². The summed E-state index contributed by atoms with van der Waals surface area (Å²) in [4.78, 5) is 36.4. The van der Waals surface area contributed by atoms with Crippen LogP contribution in [0.1, 0.15) is 70.0 Å². The lowest BCUT2D eigenvalue weighted by Crippen LogP contribution is -2.45. The highest BCUT2D eigenvalue weighted by molar-refractivity contribution is 5.94. The van der Waals surface area contributed by atoms with E-state index >= 15 is 0 Å². The standard InChI is InChI=1S/C27H35NO6/c1-16(29)18-9-11-19(12-10-18)20-13-17(14-21(23(20)30)26(2,3)4)15-22(24(31)33-8)28-25(32)34-27(5,6)7/h9-14,22,30H,15H2,1-8H3,(H,28,32). The second-order valence-corrected chi connectivity index (χ2v) is 10.3. The average molecular weight is 470 g/mol. The van der Waals surface area contributed by atoms with Crippen LogP contribution in [0, 0.1) is 0 Å². The van der Waals surface area contributed by atoms with Crippen LogP contribution in [0.5, 0.6) is 5.75 Å². The van der Waals surface area contributed by atoms with E-state index in [0.29, 0.717) is 16.7 Å². The number of phenols is 1. The molecule has 0 aliphatic heterocycles. The largest absolute Gasteiger partial charge is 0.507 e. The van der Waals surface area contributed by atoms with Gasteiger partial charge in [0.2, 0.25) is 0 Å². The Morgan fingerprint density at radius 2 is 1.59 bits per heavy atom. The van der Waals surface area contributed by atoms with Gasteiger partial charge in [0.1, 0.15) is 17.4 Å². The molecule has 184 valence electrons. The number of ketones is 1. The fourth-order valence-corrected chi connectivity index (χ4v) is 3.51. The van der Waals surface area contributed by atoms with Gasteiger partial charge in [0, 0.05) is 23.1 Å². The topological polar surface area (TPSA) is 102 Å². The molecule has 0 heterocycles. The third-order valence-corrected chi connectivity index (χ3v) is 5.20. The van der Waals surface area contributed by atoms with Crippen LogP contribution in [0.2, 0.25) is 0 Å². The first-order valence-electron chi connectivity index (χ1n) is 11.2. The Hall–Kier alpha value is -3.35. The first-order chi connectivity index (χ1) is 15.6. The molecule has 0 aromatic heterocycles. The van der Waals surface area contributed by atoms with Crippen molar-refractivity contribution in [1.82, 2.24) is 5.32 Å².